The van der Waals surface area contributed by atoms with Crippen molar-refractivity contribution < 1.29 is 14.9 Å². The number of ether oxygens (including phenoxy) is 1. The number of benzene rings is 1. The molecule has 1 atom stereocenters. The van der Waals surface area contributed by atoms with Crippen molar-refractivity contribution >= 4 is 0 Å². The minimum absolute atomic E-state index is 0.165. The normalized spacial score (nSPS) is 12.4. The SMILES string of the molecule is COc1cc(CNCCCC(C)CO)ccc1O. The van der Waals surface area contributed by atoms with Crippen molar-refractivity contribution in [3.8, 4) is 11.5 Å². The third-order valence-electron chi connectivity index (χ3n) is 2.94. The molecule has 0 aliphatic carbocycles. The fourth-order valence-corrected chi connectivity index (χ4v) is 1.73. The predicted molar refractivity (Wildman–Crippen MR) is 71.8 cm³/mol. The van der Waals surface area contributed by atoms with Crippen molar-refractivity contribution in [1.29, 1.82) is 0 Å². The molecule has 1 unspecified atom stereocenters. The van der Waals surface area contributed by atoms with Gasteiger partial charge in [0.1, 0.15) is 0 Å². The number of aliphatic hydroxyl groups excluding tert-OH is 1. The maximum atomic E-state index is 9.46. The summed E-state index contributed by atoms with van der Waals surface area (Å²) in [7, 11) is 1.54. The van der Waals surface area contributed by atoms with Crippen LogP contribution in [-0.4, -0.2) is 30.5 Å². The zero-order valence-corrected chi connectivity index (χ0v) is 11.1. The molecule has 1 aromatic rings. The average molecular weight is 253 g/mol. The van der Waals surface area contributed by atoms with Crippen LogP contribution in [-0.2, 0) is 6.54 Å². The molecular weight excluding hydrogens is 230 g/mol. The van der Waals surface area contributed by atoms with E-state index >= 15 is 0 Å². The summed E-state index contributed by atoms with van der Waals surface area (Å²) >= 11 is 0. The highest BCUT2D eigenvalue weighted by atomic mass is 16.5. The van der Waals surface area contributed by atoms with Crippen molar-refractivity contribution in [1.82, 2.24) is 5.32 Å². The monoisotopic (exact) mass is 253 g/mol. The van der Waals surface area contributed by atoms with Crippen molar-refractivity contribution in [2.45, 2.75) is 26.3 Å². The number of hydrogen-bond donors (Lipinski definition) is 3. The van der Waals surface area contributed by atoms with E-state index in [0.717, 1.165) is 31.5 Å². The Labute approximate surface area is 109 Å². The molecule has 0 heterocycles. The molecule has 1 rings (SSSR count). The van der Waals surface area contributed by atoms with Crippen LogP contribution in [0.1, 0.15) is 25.3 Å². The smallest absolute Gasteiger partial charge is 0.160 e. The van der Waals surface area contributed by atoms with Crippen LogP contribution in [0.25, 0.3) is 0 Å². The molecule has 4 nitrogen and oxygen atoms in total. The maximum absolute atomic E-state index is 9.46. The number of phenols is 1. The second kappa shape index (κ2) is 7.95. The minimum Gasteiger partial charge on any atom is -0.504 e. The molecule has 0 saturated carbocycles. The molecule has 1 aromatic carbocycles. The lowest BCUT2D eigenvalue weighted by Gasteiger charge is -2.09. The van der Waals surface area contributed by atoms with Crippen LogP contribution in [0.5, 0.6) is 11.5 Å². The minimum atomic E-state index is 0.165. The Kier molecular flexibility index (Phi) is 6.54. The molecule has 0 aromatic heterocycles. The quantitative estimate of drug-likeness (QED) is 0.619. The van der Waals surface area contributed by atoms with Gasteiger partial charge in [0, 0.05) is 13.2 Å². The van der Waals surface area contributed by atoms with Crippen LogP contribution in [0.4, 0.5) is 0 Å². The van der Waals surface area contributed by atoms with Gasteiger partial charge in [-0.15, -0.1) is 0 Å². The highest BCUT2D eigenvalue weighted by Crippen LogP contribution is 2.26. The molecule has 4 heteroatoms. The van der Waals surface area contributed by atoms with Crippen LogP contribution >= 0.6 is 0 Å². The molecule has 0 bridgehead atoms. The molecule has 3 N–H and O–H groups in total. The summed E-state index contributed by atoms with van der Waals surface area (Å²) in [5, 5.41) is 21.7. The van der Waals surface area contributed by atoms with Gasteiger partial charge in [-0.2, -0.15) is 0 Å². The van der Waals surface area contributed by atoms with E-state index in [1.165, 1.54) is 0 Å². The third kappa shape index (κ3) is 4.94. The van der Waals surface area contributed by atoms with Crippen LogP contribution in [0.2, 0.25) is 0 Å². The van der Waals surface area contributed by atoms with E-state index in [-0.39, 0.29) is 12.4 Å². The fraction of sp³-hybridized carbons (Fsp3) is 0.571. The van der Waals surface area contributed by atoms with Crippen molar-refractivity contribution in [3.63, 3.8) is 0 Å². The van der Waals surface area contributed by atoms with Gasteiger partial charge >= 0.3 is 0 Å². The van der Waals surface area contributed by atoms with Gasteiger partial charge in [-0.3, -0.25) is 0 Å². The Morgan fingerprint density at radius 1 is 1.39 bits per heavy atom. The molecule has 102 valence electrons. The lowest BCUT2D eigenvalue weighted by atomic mass is 10.1. The van der Waals surface area contributed by atoms with Gasteiger partial charge in [0.05, 0.1) is 7.11 Å². The molecule has 0 saturated heterocycles. The van der Waals surface area contributed by atoms with Gasteiger partial charge in [0.2, 0.25) is 0 Å². The van der Waals surface area contributed by atoms with Crippen molar-refractivity contribution in [3.05, 3.63) is 23.8 Å². The Morgan fingerprint density at radius 2 is 2.17 bits per heavy atom. The fourth-order valence-electron chi connectivity index (χ4n) is 1.73. The summed E-state index contributed by atoms with van der Waals surface area (Å²) in [5.41, 5.74) is 1.08. The zero-order chi connectivity index (χ0) is 13.4. The largest absolute Gasteiger partial charge is 0.504 e. The van der Waals surface area contributed by atoms with E-state index < -0.39 is 0 Å². The number of rotatable bonds is 8. The Bertz CT molecular complexity index is 355. The highest BCUT2D eigenvalue weighted by molar-refractivity contribution is 5.41. The number of nitrogens with one attached hydrogen (secondary N) is 1. The molecule has 0 aliphatic heterocycles. The summed E-state index contributed by atoms with van der Waals surface area (Å²) in [5.74, 6) is 1.04. The van der Waals surface area contributed by atoms with Gasteiger partial charge in [-0.25, -0.2) is 0 Å². The first kappa shape index (κ1) is 14.8. The van der Waals surface area contributed by atoms with E-state index in [4.69, 9.17) is 9.84 Å². The Balaban J connectivity index is 2.27. The number of aromatic hydroxyl groups is 1. The summed E-state index contributed by atoms with van der Waals surface area (Å²) in [6.07, 6.45) is 2.08. The lowest BCUT2D eigenvalue weighted by molar-refractivity contribution is 0.228. The molecule has 0 aliphatic rings. The molecular formula is C14H23NO3. The number of methoxy groups -OCH3 is 1. The summed E-state index contributed by atoms with van der Waals surface area (Å²) in [4.78, 5) is 0. The second-order valence-corrected chi connectivity index (χ2v) is 4.61. The van der Waals surface area contributed by atoms with E-state index in [1.807, 2.05) is 19.1 Å². The first-order valence-electron chi connectivity index (χ1n) is 6.34. The van der Waals surface area contributed by atoms with E-state index in [1.54, 1.807) is 13.2 Å². The maximum Gasteiger partial charge on any atom is 0.160 e. The van der Waals surface area contributed by atoms with E-state index in [9.17, 15) is 5.11 Å². The van der Waals surface area contributed by atoms with Gasteiger partial charge in [0.25, 0.3) is 0 Å². The van der Waals surface area contributed by atoms with Crippen LogP contribution in [0.15, 0.2) is 18.2 Å². The lowest BCUT2D eigenvalue weighted by Crippen LogP contribution is -2.16. The molecule has 0 spiro atoms. The molecule has 18 heavy (non-hydrogen) atoms. The topological polar surface area (TPSA) is 61.7 Å². The van der Waals surface area contributed by atoms with Gasteiger partial charge in [0.15, 0.2) is 11.5 Å². The third-order valence-corrected chi connectivity index (χ3v) is 2.94. The summed E-state index contributed by atoms with van der Waals surface area (Å²) < 4.78 is 5.05. The van der Waals surface area contributed by atoms with E-state index in [0.29, 0.717) is 11.7 Å². The first-order chi connectivity index (χ1) is 8.67. The van der Waals surface area contributed by atoms with Crippen molar-refractivity contribution in [2.24, 2.45) is 5.92 Å². The Morgan fingerprint density at radius 3 is 2.83 bits per heavy atom. The van der Waals surface area contributed by atoms with Crippen LogP contribution < -0.4 is 10.1 Å². The second-order valence-electron chi connectivity index (χ2n) is 4.61. The summed E-state index contributed by atoms with van der Waals surface area (Å²) in [6.45, 7) is 3.98. The van der Waals surface area contributed by atoms with E-state index in [2.05, 4.69) is 5.32 Å². The zero-order valence-electron chi connectivity index (χ0n) is 11.1. The Hall–Kier alpha value is -1.26. The van der Waals surface area contributed by atoms with Gasteiger partial charge in [-0.05, 0) is 43.0 Å². The van der Waals surface area contributed by atoms with Crippen LogP contribution in [0.3, 0.4) is 0 Å². The number of phenolic OH excluding ortho intramolecular Hbond substituents is 1. The van der Waals surface area contributed by atoms with Crippen molar-refractivity contribution in [2.75, 3.05) is 20.3 Å². The molecule has 0 fully saturated rings. The van der Waals surface area contributed by atoms with Crippen LogP contribution in [0, 0.1) is 5.92 Å². The average Bonchev–Trinajstić information content (AvgIpc) is 2.39. The first-order valence-corrected chi connectivity index (χ1v) is 6.34. The molecule has 0 radical (unpaired) electrons. The van der Waals surface area contributed by atoms with Gasteiger partial charge < -0.3 is 20.3 Å². The van der Waals surface area contributed by atoms with Gasteiger partial charge in [-0.1, -0.05) is 13.0 Å². The molecule has 0 amide bonds. The highest BCUT2D eigenvalue weighted by Gasteiger charge is 2.02. The predicted octanol–water partition coefficient (Wildman–Crippen LogP) is 1.90. The summed E-state index contributed by atoms with van der Waals surface area (Å²) in [6, 6.07) is 5.35. The standard InChI is InChI=1S/C14H23NO3/c1-11(10-16)4-3-7-15-9-12-5-6-13(17)14(8-12)18-2/h5-6,8,11,15-17H,3-4,7,9-10H2,1-2H3. The number of aliphatic hydroxyl groups is 1. The number of hydrogen-bond acceptors (Lipinski definition) is 4.